The number of fused-ring (bicyclic) bond motifs is 1. The van der Waals surface area contributed by atoms with Gasteiger partial charge >= 0.3 is 0 Å². The Hall–Kier alpha value is -2.88. The van der Waals surface area contributed by atoms with Gasteiger partial charge in [0, 0.05) is 18.2 Å². The Kier molecular flexibility index (Phi) is 5.49. The molecule has 1 aliphatic rings. The first-order valence-electron chi connectivity index (χ1n) is 6.86. The molecule has 0 bridgehead atoms. The van der Waals surface area contributed by atoms with Crippen molar-refractivity contribution in [3.05, 3.63) is 18.2 Å². The van der Waals surface area contributed by atoms with Gasteiger partial charge in [0.05, 0.1) is 19.8 Å². The van der Waals surface area contributed by atoms with Crippen molar-refractivity contribution in [1.82, 2.24) is 5.32 Å². The van der Waals surface area contributed by atoms with Gasteiger partial charge in [0.2, 0.25) is 5.91 Å². The number of nitrogens with one attached hydrogen (secondary N) is 2. The number of hydrogen-bond acceptors (Lipinski definition) is 4. The molecule has 22 heavy (non-hydrogen) atoms. The van der Waals surface area contributed by atoms with Gasteiger partial charge in [-0.15, -0.1) is 6.42 Å². The number of terminal acetylenes is 1. The zero-order valence-electron chi connectivity index (χ0n) is 12.1. The predicted molar refractivity (Wildman–Crippen MR) is 84.0 cm³/mol. The number of rotatable bonds is 4. The number of hydrogen-bond donors (Lipinski definition) is 3. The van der Waals surface area contributed by atoms with Crippen LogP contribution in [0.2, 0.25) is 0 Å². The number of anilines is 1. The Bertz CT molecular complexity index is 607. The molecule has 7 nitrogen and oxygen atoms in total. The monoisotopic (exact) mass is 302 g/mol. The highest BCUT2D eigenvalue weighted by atomic mass is 16.5. The zero-order chi connectivity index (χ0) is 15.8. The van der Waals surface area contributed by atoms with E-state index in [4.69, 9.17) is 21.6 Å². The smallest absolute Gasteiger partial charge is 0.242 e. The summed E-state index contributed by atoms with van der Waals surface area (Å²) in [6.45, 7) is 1.32. The Morgan fingerprint density at radius 1 is 1.36 bits per heavy atom. The topological polar surface area (TPSA) is 98.0 Å². The number of nitrogens with two attached hydrogens (primary N) is 1. The van der Waals surface area contributed by atoms with E-state index in [-0.39, 0.29) is 25.0 Å². The molecule has 0 fully saturated rings. The largest absolute Gasteiger partial charge is 0.490 e. The van der Waals surface area contributed by atoms with Crippen molar-refractivity contribution in [2.75, 3.05) is 31.6 Å². The number of benzene rings is 1. The molecular formula is C15H18N4O3. The van der Waals surface area contributed by atoms with E-state index >= 15 is 0 Å². The number of nitrogens with zero attached hydrogens (tertiary/aromatic N) is 1. The maximum atomic E-state index is 11.4. The molecule has 0 saturated heterocycles. The van der Waals surface area contributed by atoms with Gasteiger partial charge in [0.1, 0.15) is 6.54 Å². The summed E-state index contributed by atoms with van der Waals surface area (Å²) in [4.78, 5) is 15.3. The van der Waals surface area contributed by atoms with Gasteiger partial charge in [-0.3, -0.25) is 4.79 Å². The number of carbonyl (C=O) groups excluding carboxylic acids is 1. The van der Waals surface area contributed by atoms with E-state index in [0.717, 1.165) is 6.42 Å². The number of amides is 1. The molecule has 4 N–H and O–H groups in total. The first kappa shape index (κ1) is 15.5. The third-order valence-corrected chi connectivity index (χ3v) is 2.80. The summed E-state index contributed by atoms with van der Waals surface area (Å²) in [6.07, 6.45) is 5.88. The molecule has 0 unspecified atom stereocenters. The lowest BCUT2D eigenvalue weighted by Crippen LogP contribution is -2.29. The van der Waals surface area contributed by atoms with Crippen LogP contribution in [0, 0.1) is 12.3 Å². The van der Waals surface area contributed by atoms with Crippen LogP contribution in [-0.2, 0) is 4.79 Å². The molecule has 0 radical (unpaired) electrons. The minimum absolute atomic E-state index is 0.0922. The third kappa shape index (κ3) is 4.59. The first-order valence-corrected chi connectivity index (χ1v) is 6.86. The SMILES string of the molecule is C#CCNC(=O)CN=C(N)Nc1ccc2c(c1)OCCCO2. The summed E-state index contributed by atoms with van der Waals surface area (Å²) in [5, 5.41) is 5.39. The predicted octanol–water partition coefficient (Wildman–Crippen LogP) is 0.324. The van der Waals surface area contributed by atoms with Gasteiger partial charge in [-0.2, -0.15) is 0 Å². The standard InChI is InChI=1S/C15H18N4O3/c1-2-6-17-14(20)10-18-15(16)19-11-4-5-12-13(9-11)22-8-3-7-21-12/h1,4-5,9H,3,6-8,10H2,(H,17,20)(H3,16,18,19). The fourth-order valence-corrected chi connectivity index (χ4v) is 1.79. The fourth-order valence-electron chi connectivity index (χ4n) is 1.79. The van der Waals surface area contributed by atoms with Crippen LogP contribution < -0.4 is 25.8 Å². The Morgan fingerprint density at radius 3 is 2.91 bits per heavy atom. The molecule has 0 atom stereocenters. The summed E-state index contributed by atoms with van der Waals surface area (Å²) in [6, 6.07) is 5.38. The molecule has 2 rings (SSSR count). The van der Waals surface area contributed by atoms with Crippen LogP contribution in [0.4, 0.5) is 5.69 Å². The quantitative estimate of drug-likeness (QED) is 0.423. The summed E-state index contributed by atoms with van der Waals surface area (Å²) in [5.41, 5.74) is 6.44. The summed E-state index contributed by atoms with van der Waals surface area (Å²) < 4.78 is 11.1. The normalized spacial score (nSPS) is 13.7. The van der Waals surface area contributed by atoms with Crippen molar-refractivity contribution in [1.29, 1.82) is 0 Å². The molecule has 0 saturated carbocycles. The number of guanidine groups is 1. The van der Waals surface area contributed by atoms with Crippen LogP contribution in [0.3, 0.4) is 0 Å². The molecule has 1 aromatic carbocycles. The minimum atomic E-state index is -0.290. The molecule has 1 heterocycles. The van der Waals surface area contributed by atoms with Crippen LogP contribution in [0.25, 0.3) is 0 Å². The molecular weight excluding hydrogens is 284 g/mol. The van der Waals surface area contributed by atoms with E-state index in [1.54, 1.807) is 18.2 Å². The highest BCUT2D eigenvalue weighted by Crippen LogP contribution is 2.32. The molecule has 0 aromatic heterocycles. The second kappa shape index (κ2) is 7.78. The maximum absolute atomic E-state index is 11.4. The van der Waals surface area contributed by atoms with Crippen molar-refractivity contribution in [2.24, 2.45) is 10.7 Å². The summed E-state index contributed by atoms with van der Waals surface area (Å²) in [5.74, 6) is 3.50. The Labute approximate surface area is 128 Å². The molecule has 116 valence electrons. The minimum Gasteiger partial charge on any atom is -0.490 e. The molecule has 7 heteroatoms. The third-order valence-electron chi connectivity index (χ3n) is 2.80. The van der Waals surface area contributed by atoms with Gasteiger partial charge in [0.15, 0.2) is 17.5 Å². The number of aliphatic imine (C=N–C) groups is 1. The van der Waals surface area contributed by atoms with Crippen molar-refractivity contribution < 1.29 is 14.3 Å². The van der Waals surface area contributed by atoms with E-state index < -0.39 is 0 Å². The molecule has 1 aliphatic heterocycles. The van der Waals surface area contributed by atoms with Gasteiger partial charge in [0.25, 0.3) is 0 Å². The average molecular weight is 302 g/mol. The fraction of sp³-hybridized carbons (Fsp3) is 0.333. The van der Waals surface area contributed by atoms with E-state index in [0.29, 0.717) is 30.4 Å². The van der Waals surface area contributed by atoms with E-state index in [1.165, 1.54) is 0 Å². The lowest BCUT2D eigenvalue weighted by atomic mass is 10.3. The van der Waals surface area contributed by atoms with Crippen molar-refractivity contribution in [3.8, 4) is 23.8 Å². The Morgan fingerprint density at radius 2 is 2.14 bits per heavy atom. The van der Waals surface area contributed by atoms with Gasteiger partial charge in [-0.1, -0.05) is 5.92 Å². The van der Waals surface area contributed by atoms with E-state index in [1.807, 2.05) is 0 Å². The lowest BCUT2D eigenvalue weighted by molar-refractivity contribution is -0.119. The van der Waals surface area contributed by atoms with Crippen LogP contribution in [0.1, 0.15) is 6.42 Å². The van der Waals surface area contributed by atoms with Gasteiger partial charge in [-0.05, 0) is 12.1 Å². The highest BCUT2D eigenvalue weighted by Gasteiger charge is 2.10. The summed E-state index contributed by atoms with van der Waals surface area (Å²) in [7, 11) is 0. The van der Waals surface area contributed by atoms with Crippen molar-refractivity contribution in [3.63, 3.8) is 0 Å². The average Bonchev–Trinajstić information content (AvgIpc) is 2.75. The zero-order valence-corrected chi connectivity index (χ0v) is 12.1. The molecule has 0 spiro atoms. The number of ether oxygens (including phenoxy) is 2. The Balaban J connectivity index is 1.94. The molecule has 1 amide bonds. The maximum Gasteiger partial charge on any atom is 0.242 e. The molecule has 0 aliphatic carbocycles. The first-order chi connectivity index (χ1) is 10.7. The van der Waals surface area contributed by atoms with Gasteiger partial charge in [-0.25, -0.2) is 4.99 Å². The second-order valence-electron chi connectivity index (χ2n) is 4.52. The number of carbonyl (C=O) groups is 1. The summed E-state index contributed by atoms with van der Waals surface area (Å²) >= 11 is 0. The van der Waals surface area contributed by atoms with Crippen LogP contribution in [-0.4, -0.2) is 38.2 Å². The second-order valence-corrected chi connectivity index (χ2v) is 4.52. The lowest BCUT2D eigenvalue weighted by Gasteiger charge is -2.10. The van der Waals surface area contributed by atoms with Crippen molar-refractivity contribution in [2.45, 2.75) is 6.42 Å². The van der Waals surface area contributed by atoms with E-state index in [9.17, 15) is 4.79 Å². The highest BCUT2D eigenvalue weighted by molar-refractivity contribution is 5.94. The van der Waals surface area contributed by atoms with Crippen LogP contribution >= 0.6 is 0 Å². The van der Waals surface area contributed by atoms with Gasteiger partial charge < -0.3 is 25.8 Å². The van der Waals surface area contributed by atoms with Crippen LogP contribution in [0.5, 0.6) is 11.5 Å². The van der Waals surface area contributed by atoms with E-state index in [2.05, 4.69) is 21.5 Å². The van der Waals surface area contributed by atoms with Crippen molar-refractivity contribution >= 4 is 17.6 Å². The molecule has 1 aromatic rings. The van der Waals surface area contributed by atoms with Crippen LogP contribution in [0.15, 0.2) is 23.2 Å².